The zero-order chi connectivity index (χ0) is 27.7. The number of halogens is 4. The van der Waals surface area contributed by atoms with Gasteiger partial charge in [-0.05, 0) is 42.7 Å². The molecule has 0 spiro atoms. The molecule has 1 fully saturated rings. The molecule has 38 heavy (non-hydrogen) atoms. The van der Waals surface area contributed by atoms with Crippen molar-refractivity contribution in [3.05, 3.63) is 82.6 Å². The van der Waals surface area contributed by atoms with E-state index in [4.69, 9.17) is 11.6 Å². The second-order valence-electron chi connectivity index (χ2n) is 8.59. The average molecular weight is 568 g/mol. The third kappa shape index (κ3) is 5.82. The van der Waals surface area contributed by atoms with Gasteiger partial charge in [0.1, 0.15) is 10.0 Å². The van der Waals surface area contributed by atoms with Crippen LogP contribution in [-0.4, -0.2) is 54.4 Å². The summed E-state index contributed by atoms with van der Waals surface area (Å²) in [6.07, 6.45) is -3.40. The maximum absolute atomic E-state index is 14.0. The largest absolute Gasteiger partial charge is 0.478 e. The fraction of sp³-hybridized carbons (Fsp3) is 0.240. The summed E-state index contributed by atoms with van der Waals surface area (Å²) in [6, 6.07) is 10.3. The number of benzene rings is 2. The highest BCUT2D eigenvalue weighted by Gasteiger charge is 2.40. The highest BCUT2D eigenvalue weighted by atomic mass is 35.5. The van der Waals surface area contributed by atoms with E-state index in [1.54, 1.807) is 0 Å². The van der Waals surface area contributed by atoms with Gasteiger partial charge in [-0.25, -0.2) is 22.9 Å². The van der Waals surface area contributed by atoms with Crippen molar-refractivity contribution in [1.82, 2.24) is 14.6 Å². The van der Waals surface area contributed by atoms with E-state index in [1.165, 1.54) is 47.5 Å². The number of hydrogen-bond acceptors (Lipinski definition) is 5. The Morgan fingerprint density at radius 1 is 1.00 bits per heavy atom. The van der Waals surface area contributed by atoms with Crippen LogP contribution in [0.4, 0.5) is 13.2 Å². The number of piperidine rings is 1. The smallest absolute Gasteiger partial charge is 0.417 e. The van der Waals surface area contributed by atoms with Gasteiger partial charge in [0.25, 0.3) is 5.91 Å². The normalized spacial score (nSPS) is 14.9. The molecule has 8 nitrogen and oxygen atoms in total. The highest BCUT2D eigenvalue weighted by Crippen LogP contribution is 2.40. The lowest BCUT2D eigenvalue weighted by atomic mass is 9.98. The minimum absolute atomic E-state index is 0.154. The number of hydrogen-bond donors (Lipinski definition) is 2. The molecule has 0 atom stereocenters. The standard InChI is InChI=1S/C25H21ClF3N3O5S/c26-21-9-8-15(14-30-21)23(33)32-12-10-16(11-13-32)31-38(36,37)22-18(6-3-7-20(22)25(27,28)29)17-4-1-2-5-19(17)24(34)35/h1-9,14,16,31H,10-13H2,(H,34,35). The molecule has 1 amide bonds. The number of rotatable bonds is 6. The fourth-order valence-corrected chi connectivity index (χ4v) is 6.17. The first kappa shape index (κ1) is 27.6. The second kappa shape index (κ2) is 10.7. The van der Waals surface area contributed by atoms with Crippen molar-refractivity contribution < 1.29 is 36.3 Å². The average Bonchev–Trinajstić information content (AvgIpc) is 2.88. The number of sulfonamides is 1. The van der Waals surface area contributed by atoms with Crippen LogP contribution in [0.2, 0.25) is 5.15 Å². The lowest BCUT2D eigenvalue weighted by Crippen LogP contribution is -2.46. The molecule has 200 valence electrons. The van der Waals surface area contributed by atoms with Gasteiger partial charge in [0.05, 0.1) is 16.7 Å². The zero-order valence-corrected chi connectivity index (χ0v) is 21.1. The molecule has 3 aromatic rings. The molecule has 1 aliphatic rings. The van der Waals surface area contributed by atoms with Crippen molar-refractivity contribution in [3.8, 4) is 11.1 Å². The van der Waals surface area contributed by atoms with Crippen molar-refractivity contribution in [2.45, 2.75) is 30.0 Å². The molecular formula is C25H21ClF3N3O5S. The molecule has 13 heteroatoms. The molecular weight excluding hydrogens is 547 g/mol. The van der Waals surface area contributed by atoms with E-state index in [0.717, 1.165) is 12.1 Å². The predicted octanol–water partition coefficient (Wildman–Crippen LogP) is 4.70. The first-order valence-corrected chi connectivity index (χ1v) is 13.2. The number of aromatic nitrogens is 1. The summed E-state index contributed by atoms with van der Waals surface area (Å²) < 4.78 is 71.2. The van der Waals surface area contributed by atoms with Gasteiger partial charge in [0.2, 0.25) is 10.0 Å². The lowest BCUT2D eigenvalue weighted by Gasteiger charge is -2.32. The summed E-state index contributed by atoms with van der Waals surface area (Å²) in [4.78, 5) is 28.7. The Hall–Kier alpha value is -3.48. The van der Waals surface area contributed by atoms with Crippen LogP contribution in [0.25, 0.3) is 11.1 Å². The number of carboxylic acids is 1. The molecule has 0 saturated carbocycles. The number of alkyl halides is 3. The van der Waals surface area contributed by atoms with Crippen LogP contribution >= 0.6 is 11.6 Å². The monoisotopic (exact) mass is 567 g/mol. The summed E-state index contributed by atoms with van der Waals surface area (Å²) >= 11 is 5.75. The molecule has 0 bridgehead atoms. The van der Waals surface area contributed by atoms with E-state index in [1.807, 2.05) is 0 Å². The highest BCUT2D eigenvalue weighted by molar-refractivity contribution is 7.89. The fourth-order valence-electron chi connectivity index (χ4n) is 4.33. The quantitative estimate of drug-likeness (QED) is 0.417. The van der Waals surface area contributed by atoms with Gasteiger partial charge in [0.15, 0.2) is 0 Å². The van der Waals surface area contributed by atoms with Gasteiger partial charge in [-0.1, -0.05) is 41.9 Å². The zero-order valence-electron chi connectivity index (χ0n) is 19.6. The Morgan fingerprint density at radius 2 is 1.66 bits per heavy atom. The molecule has 2 heterocycles. The molecule has 2 aromatic carbocycles. The van der Waals surface area contributed by atoms with Crippen molar-refractivity contribution in [2.24, 2.45) is 0 Å². The van der Waals surface area contributed by atoms with Crippen molar-refractivity contribution in [2.75, 3.05) is 13.1 Å². The molecule has 1 aliphatic heterocycles. The van der Waals surface area contributed by atoms with Gasteiger partial charge in [-0.3, -0.25) is 4.79 Å². The third-order valence-electron chi connectivity index (χ3n) is 6.12. The van der Waals surface area contributed by atoms with E-state index in [9.17, 15) is 36.3 Å². The number of carboxylic acid groups (broad SMARTS) is 1. The number of amides is 1. The molecule has 0 radical (unpaired) electrons. The van der Waals surface area contributed by atoms with Crippen LogP contribution in [0.15, 0.2) is 65.7 Å². The van der Waals surface area contributed by atoms with Gasteiger partial charge in [-0.15, -0.1) is 0 Å². The number of likely N-dealkylation sites (tertiary alicyclic amines) is 1. The number of nitrogens with zero attached hydrogens (tertiary/aromatic N) is 2. The van der Waals surface area contributed by atoms with Crippen LogP contribution in [0.1, 0.15) is 39.1 Å². The minimum Gasteiger partial charge on any atom is -0.478 e. The van der Waals surface area contributed by atoms with Crippen molar-refractivity contribution in [3.63, 3.8) is 0 Å². The molecule has 2 N–H and O–H groups in total. The Morgan fingerprint density at radius 3 is 2.26 bits per heavy atom. The molecule has 1 aromatic heterocycles. The van der Waals surface area contributed by atoms with Crippen LogP contribution in [-0.2, 0) is 16.2 Å². The van der Waals surface area contributed by atoms with Crippen LogP contribution in [0.5, 0.6) is 0 Å². The van der Waals surface area contributed by atoms with E-state index < -0.39 is 38.7 Å². The summed E-state index contributed by atoms with van der Waals surface area (Å²) in [7, 11) is -4.78. The Labute approximate surface area is 221 Å². The summed E-state index contributed by atoms with van der Waals surface area (Å²) in [5.41, 5.74) is -2.00. The van der Waals surface area contributed by atoms with E-state index in [2.05, 4.69) is 9.71 Å². The van der Waals surface area contributed by atoms with E-state index >= 15 is 0 Å². The Kier molecular flexibility index (Phi) is 7.77. The maximum atomic E-state index is 14.0. The Balaban J connectivity index is 1.63. The summed E-state index contributed by atoms with van der Waals surface area (Å²) in [6.45, 7) is 0.314. The van der Waals surface area contributed by atoms with Crippen LogP contribution < -0.4 is 4.72 Å². The van der Waals surface area contributed by atoms with Gasteiger partial charge in [-0.2, -0.15) is 13.2 Å². The van der Waals surface area contributed by atoms with Crippen molar-refractivity contribution in [1.29, 1.82) is 0 Å². The SMILES string of the molecule is O=C(O)c1ccccc1-c1cccc(C(F)(F)F)c1S(=O)(=O)NC1CCN(C(=O)c2ccc(Cl)nc2)CC1. The van der Waals surface area contributed by atoms with Crippen LogP contribution in [0, 0.1) is 0 Å². The second-order valence-corrected chi connectivity index (χ2v) is 10.6. The number of pyridine rings is 1. The summed E-state index contributed by atoms with van der Waals surface area (Å²) in [5, 5.41) is 9.77. The van der Waals surface area contributed by atoms with Gasteiger partial charge < -0.3 is 10.0 Å². The maximum Gasteiger partial charge on any atom is 0.417 e. The summed E-state index contributed by atoms with van der Waals surface area (Å²) in [5.74, 6) is -1.74. The van der Waals surface area contributed by atoms with E-state index in [-0.39, 0.29) is 53.7 Å². The lowest BCUT2D eigenvalue weighted by molar-refractivity contribution is -0.139. The van der Waals surface area contributed by atoms with Crippen LogP contribution in [0.3, 0.4) is 0 Å². The number of carbonyl (C=O) groups is 2. The molecule has 0 aliphatic carbocycles. The number of nitrogens with one attached hydrogen (secondary N) is 1. The number of aromatic carboxylic acids is 1. The van der Waals surface area contributed by atoms with Gasteiger partial charge >= 0.3 is 12.1 Å². The predicted molar refractivity (Wildman–Crippen MR) is 132 cm³/mol. The molecule has 1 saturated heterocycles. The van der Waals surface area contributed by atoms with E-state index in [0.29, 0.717) is 11.6 Å². The minimum atomic E-state index is -5.03. The first-order chi connectivity index (χ1) is 17.9. The molecule has 0 unspecified atom stereocenters. The Bertz CT molecular complexity index is 1470. The topological polar surface area (TPSA) is 117 Å². The third-order valence-corrected chi connectivity index (χ3v) is 7.96. The van der Waals surface area contributed by atoms with Crippen molar-refractivity contribution >= 4 is 33.5 Å². The van der Waals surface area contributed by atoms with Gasteiger partial charge in [0, 0.05) is 30.9 Å². The molecule has 4 rings (SSSR count). The first-order valence-electron chi connectivity index (χ1n) is 11.3. The number of carbonyl (C=O) groups excluding carboxylic acids is 1.